The Morgan fingerprint density at radius 2 is 2.23 bits per heavy atom. The molecular formula is C11H12BrN. The molecule has 0 unspecified atom stereocenters. The van der Waals surface area contributed by atoms with Gasteiger partial charge >= 0.3 is 0 Å². The summed E-state index contributed by atoms with van der Waals surface area (Å²) in [5.41, 5.74) is 8.81. The standard InChI is InChI=1S/C11H12BrN/c1-3-4-8(2)10-6-5-9(12)7-11(10)13/h3-7H,1,13H2,2H3/b8-4+. The molecule has 1 aromatic carbocycles. The fourth-order valence-electron chi connectivity index (χ4n) is 1.16. The van der Waals surface area contributed by atoms with Gasteiger partial charge in [-0.05, 0) is 24.6 Å². The molecule has 13 heavy (non-hydrogen) atoms. The molecule has 2 N–H and O–H groups in total. The van der Waals surface area contributed by atoms with Crippen molar-refractivity contribution in [3.8, 4) is 0 Å². The van der Waals surface area contributed by atoms with E-state index in [0.29, 0.717) is 0 Å². The second-order valence-electron chi connectivity index (χ2n) is 2.82. The van der Waals surface area contributed by atoms with Crippen molar-refractivity contribution in [3.63, 3.8) is 0 Å². The third-order valence-electron chi connectivity index (χ3n) is 1.81. The Kier molecular flexibility index (Phi) is 3.32. The highest BCUT2D eigenvalue weighted by Crippen LogP contribution is 2.24. The van der Waals surface area contributed by atoms with Crippen molar-refractivity contribution in [2.75, 3.05) is 5.73 Å². The van der Waals surface area contributed by atoms with Crippen LogP contribution < -0.4 is 5.73 Å². The van der Waals surface area contributed by atoms with Crippen LogP contribution in [0.15, 0.2) is 41.4 Å². The fraction of sp³-hybridized carbons (Fsp3) is 0.0909. The van der Waals surface area contributed by atoms with Gasteiger partial charge in [-0.2, -0.15) is 0 Å². The molecule has 1 nitrogen and oxygen atoms in total. The first-order valence-corrected chi connectivity index (χ1v) is 4.79. The van der Waals surface area contributed by atoms with Crippen LogP contribution in [0, 0.1) is 0 Å². The van der Waals surface area contributed by atoms with Crippen LogP contribution >= 0.6 is 15.9 Å². The number of allylic oxidation sites excluding steroid dienone is 3. The summed E-state index contributed by atoms with van der Waals surface area (Å²) < 4.78 is 1.00. The van der Waals surface area contributed by atoms with E-state index in [2.05, 4.69) is 22.5 Å². The smallest absolute Gasteiger partial charge is 0.0401 e. The van der Waals surface area contributed by atoms with E-state index in [-0.39, 0.29) is 0 Å². The summed E-state index contributed by atoms with van der Waals surface area (Å²) in [7, 11) is 0. The number of rotatable bonds is 2. The van der Waals surface area contributed by atoms with Crippen LogP contribution in [0.1, 0.15) is 12.5 Å². The Balaban J connectivity index is 3.15. The summed E-state index contributed by atoms with van der Waals surface area (Å²) >= 11 is 3.36. The Morgan fingerprint density at radius 3 is 2.77 bits per heavy atom. The van der Waals surface area contributed by atoms with Crippen LogP contribution in [0.2, 0.25) is 0 Å². The molecule has 0 fully saturated rings. The Bertz CT molecular complexity index is 353. The largest absolute Gasteiger partial charge is 0.398 e. The molecule has 68 valence electrons. The van der Waals surface area contributed by atoms with E-state index in [0.717, 1.165) is 21.3 Å². The van der Waals surface area contributed by atoms with Gasteiger partial charge in [0, 0.05) is 15.7 Å². The molecule has 0 heterocycles. The summed E-state index contributed by atoms with van der Waals surface area (Å²) in [5.74, 6) is 0. The quantitative estimate of drug-likeness (QED) is 0.618. The van der Waals surface area contributed by atoms with E-state index < -0.39 is 0 Å². The number of halogens is 1. The normalized spacial score (nSPS) is 11.4. The van der Waals surface area contributed by atoms with Gasteiger partial charge in [-0.3, -0.25) is 0 Å². The first-order valence-electron chi connectivity index (χ1n) is 4.00. The number of anilines is 1. The molecule has 1 rings (SSSR count). The summed E-state index contributed by atoms with van der Waals surface area (Å²) in [5, 5.41) is 0. The average molecular weight is 238 g/mol. The maximum absolute atomic E-state index is 5.85. The zero-order valence-electron chi connectivity index (χ0n) is 7.55. The molecule has 0 atom stereocenters. The van der Waals surface area contributed by atoms with Gasteiger partial charge in [0.25, 0.3) is 0 Å². The lowest BCUT2D eigenvalue weighted by molar-refractivity contribution is 1.54. The van der Waals surface area contributed by atoms with E-state index in [4.69, 9.17) is 5.73 Å². The van der Waals surface area contributed by atoms with Crippen molar-refractivity contribution < 1.29 is 0 Å². The highest BCUT2D eigenvalue weighted by molar-refractivity contribution is 9.10. The summed E-state index contributed by atoms with van der Waals surface area (Å²) in [6.45, 7) is 5.66. The minimum atomic E-state index is 0.782. The van der Waals surface area contributed by atoms with Gasteiger partial charge in [0.2, 0.25) is 0 Å². The average Bonchev–Trinajstić information content (AvgIpc) is 2.04. The highest BCUT2D eigenvalue weighted by atomic mass is 79.9. The Labute approximate surface area is 87.1 Å². The number of nitrogens with two attached hydrogens (primary N) is 1. The van der Waals surface area contributed by atoms with Crippen LogP contribution in [0.5, 0.6) is 0 Å². The lowest BCUT2D eigenvalue weighted by atomic mass is 10.1. The maximum Gasteiger partial charge on any atom is 0.0401 e. The van der Waals surface area contributed by atoms with E-state index in [1.165, 1.54) is 0 Å². The van der Waals surface area contributed by atoms with E-state index in [1.807, 2.05) is 31.2 Å². The number of nitrogen functional groups attached to an aromatic ring is 1. The molecule has 0 bridgehead atoms. The van der Waals surface area contributed by atoms with Gasteiger partial charge in [-0.15, -0.1) is 0 Å². The first kappa shape index (κ1) is 10.1. The molecule has 0 radical (unpaired) electrons. The third kappa shape index (κ3) is 2.46. The third-order valence-corrected chi connectivity index (χ3v) is 2.30. The van der Waals surface area contributed by atoms with Crippen LogP contribution in [-0.4, -0.2) is 0 Å². The van der Waals surface area contributed by atoms with Crippen LogP contribution in [-0.2, 0) is 0 Å². The maximum atomic E-state index is 5.85. The number of hydrogen-bond acceptors (Lipinski definition) is 1. The van der Waals surface area contributed by atoms with E-state index >= 15 is 0 Å². The lowest BCUT2D eigenvalue weighted by Gasteiger charge is -2.05. The predicted octanol–water partition coefficient (Wildman–Crippen LogP) is 3.62. The SMILES string of the molecule is C=C/C=C(\C)c1ccc(Br)cc1N. The minimum absolute atomic E-state index is 0.782. The molecule has 1 aromatic rings. The Morgan fingerprint density at radius 1 is 1.54 bits per heavy atom. The van der Waals surface area contributed by atoms with Crippen molar-refractivity contribution in [2.24, 2.45) is 0 Å². The summed E-state index contributed by atoms with van der Waals surface area (Å²) in [4.78, 5) is 0. The van der Waals surface area contributed by atoms with Crippen LogP contribution in [0.25, 0.3) is 5.57 Å². The molecule has 0 saturated carbocycles. The van der Waals surface area contributed by atoms with Crippen molar-refractivity contribution >= 4 is 27.2 Å². The molecule has 0 saturated heterocycles. The zero-order chi connectivity index (χ0) is 9.84. The summed E-state index contributed by atoms with van der Waals surface area (Å²) in [6, 6.07) is 5.87. The van der Waals surface area contributed by atoms with Crippen molar-refractivity contribution in [3.05, 3.63) is 47.0 Å². The number of hydrogen-bond donors (Lipinski definition) is 1. The van der Waals surface area contributed by atoms with Gasteiger partial charge in [-0.1, -0.05) is 40.7 Å². The first-order chi connectivity index (χ1) is 6.15. The van der Waals surface area contributed by atoms with Gasteiger partial charge < -0.3 is 5.73 Å². The molecular weight excluding hydrogens is 226 g/mol. The molecule has 0 aliphatic carbocycles. The van der Waals surface area contributed by atoms with E-state index in [1.54, 1.807) is 6.08 Å². The van der Waals surface area contributed by atoms with Crippen molar-refractivity contribution in [2.45, 2.75) is 6.92 Å². The van der Waals surface area contributed by atoms with Gasteiger partial charge in [0.1, 0.15) is 0 Å². The second kappa shape index (κ2) is 4.28. The molecule has 0 aliphatic rings. The van der Waals surface area contributed by atoms with Gasteiger partial charge in [0.15, 0.2) is 0 Å². The minimum Gasteiger partial charge on any atom is -0.398 e. The topological polar surface area (TPSA) is 26.0 Å². The molecule has 2 heteroatoms. The zero-order valence-corrected chi connectivity index (χ0v) is 9.14. The van der Waals surface area contributed by atoms with Crippen LogP contribution in [0.3, 0.4) is 0 Å². The van der Waals surface area contributed by atoms with Gasteiger partial charge in [0.05, 0.1) is 0 Å². The summed E-state index contributed by atoms with van der Waals surface area (Å²) in [6.07, 6.45) is 3.70. The second-order valence-corrected chi connectivity index (χ2v) is 3.73. The van der Waals surface area contributed by atoms with Crippen molar-refractivity contribution in [1.82, 2.24) is 0 Å². The van der Waals surface area contributed by atoms with E-state index in [9.17, 15) is 0 Å². The van der Waals surface area contributed by atoms with Crippen molar-refractivity contribution in [1.29, 1.82) is 0 Å². The van der Waals surface area contributed by atoms with Gasteiger partial charge in [-0.25, -0.2) is 0 Å². The fourth-order valence-corrected chi connectivity index (χ4v) is 1.54. The molecule has 0 aromatic heterocycles. The molecule has 0 aliphatic heterocycles. The highest BCUT2D eigenvalue weighted by Gasteiger charge is 2.00. The lowest BCUT2D eigenvalue weighted by Crippen LogP contribution is -1.91. The molecule has 0 amide bonds. The van der Waals surface area contributed by atoms with Crippen LogP contribution in [0.4, 0.5) is 5.69 Å². The molecule has 0 spiro atoms. The predicted molar refractivity (Wildman–Crippen MR) is 62.4 cm³/mol. The number of benzene rings is 1. The monoisotopic (exact) mass is 237 g/mol. The Hall–Kier alpha value is -1.02.